The lowest BCUT2D eigenvalue weighted by Crippen LogP contribution is -2.31. The average molecular weight is 539 g/mol. The molecule has 2 atom stereocenters. The maximum absolute atomic E-state index is 11.1. The third-order valence-electron chi connectivity index (χ3n) is 5.81. The van der Waals surface area contributed by atoms with Gasteiger partial charge in [-0.1, -0.05) is 42.0 Å². The SMILES string of the molecule is C#Cc1ccc(CC(C)NC(C)=O)cc1.COc1ccc(C#Cc2ccc(CC(C)NC(C)=O)cc2)c(OC)c1. The molecule has 0 aromatic heterocycles. The second-order valence-electron chi connectivity index (χ2n) is 9.47. The van der Waals surface area contributed by atoms with Crippen LogP contribution in [0.1, 0.15) is 55.5 Å². The van der Waals surface area contributed by atoms with Crippen molar-refractivity contribution in [3.05, 3.63) is 94.5 Å². The number of hydrogen-bond acceptors (Lipinski definition) is 4. The lowest BCUT2D eigenvalue weighted by molar-refractivity contribution is -0.120. The number of amides is 2. The number of carbonyl (C=O) groups excluding carboxylic acids is 2. The minimum atomic E-state index is -0.0107. The standard InChI is InChI=1S/C21H23NO3.C13H15NO/c1-15(22-16(2)23)13-18-7-5-17(6-8-18)9-10-19-11-12-20(24-3)14-21(19)25-4;1-4-12-5-7-13(8-6-12)9-10(2)14-11(3)15/h5-8,11-12,14-15H,13H2,1-4H3,(H,22,23);1,5-8,10H,9H2,2-3H3,(H,14,15). The molecule has 3 aromatic carbocycles. The van der Waals surface area contributed by atoms with Crippen molar-refractivity contribution in [2.45, 2.75) is 52.6 Å². The second-order valence-corrected chi connectivity index (χ2v) is 9.47. The summed E-state index contributed by atoms with van der Waals surface area (Å²) in [6.45, 7) is 7.03. The van der Waals surface area contributed by atoms with Gasteiger partial charge in [0, 0.05) is 43.1 Å². The molecule has 6 heteroatoms. The molecule has 40 heavy (non-hydrogen) atoms. The fourth-order valence-corrected chi connectivity index (χ4v) is 4.01. The Balaban J connectivity index is 0.000000319. The maximum atomic E-state index is 11.1. The molecule has 2 N–H and O–H groups in total. The third-order valence-corrected chi connectivity index (χ3v) is 5.81. The van der Waals surface area contributed by atoms with Gasteiger partial charge in [0.25, 0.3) is 0 Å². The molecule has 2 amide bonds. The van der Waals surface area contributed by atoms with Crippen molar-refractivity contribution in [1.29, 1.82) is 0 Å². The van der Waals surface area contributed by atoms with E-state index in [4.69, 9.17) is 15.9 Å². The molecule has 0 bridgehead atoms. The van der Waals surface area contributed by atoms with Gasteiger partial charge in [0.1, 0.15) is 11.5 Å². The first-order chi connectivity index (χ1) is 19.1. The van der Waals surface area contributed by atoms with Crippen LogP contribution in [0.3, 0.4) is 0 Å². The van der Waals surface area contributed by atoms with Gasteiger partial charge in [0.2, 0.25) is 11.8 Å². The van der Waals surface area contributed by atoms with E-state index in [0.717, 1.165) is 40.8 Å². The van der Waals surface area contributed by atoms with Crippen LogP contribution in [0.2, 0.25) is 0 Å². The summed E-state index contributed by atoms with van der Waals surface area (Å²) in [5, 5.41) is 5.72. The van der Waals surface area contributed by atoms with Gasteiger partial charge in [0.05, 0.1) is 19.8 Å². The van der Waals surface area contributed by atoms with E-state index in [0.29, 0.717) is 5.75 Å². The quantitative estimate of drug-likeness (QED) is 0.400. The zero-order valence-electron chi connectivity index (χ0n) is 24.1. The van der Waals surface area contributed by atoms with Gasteiger partial charge in [-0.25, -0.2) is 0 Å². The van der Waals surface area contributed by atoms with Gasteiger partial charge in [-0.2, -0.15) is 0 Å². The van der Waals surface area contributed by atoms with E-state index in [1.54, 1.807) is 14.2 Å². The zero-order chi connectivity index (χ0) is 29.5. The molecule has 2 unspecified atom stereocenters. The number of methoxy groups -OCH3 is 2. The Morgan fingerprint density at radius 2 is 1.25 bits per heavy atom. The monoisotopic (exact) mass is 538 g/mol. The fourth-order valence-electron chi connectivity index (χ4n) is 4.01. The largest absolute Gasteiger partial charge is 0.497 e. The molecule has 0 heterocycles. The molecule has 3 aromatic rings. The van der Waals surface area contributed by atoms with Crippen LogP contribution in [0.25, 0.3) is 0 Å². The van der Waals surface area contributed by atoms with E-state index < -0.39 is 0 Å². The number of benzene rings is 3. The highest BCUT2D eigenvalue weighted by atomic mass is 16.5. The highest BCUT2D eigenvalue weighted by Gasteiger charge is 2.06. The van der Waals surface area contributed by atoms with Crippen molar-refractivity contribution in [1.82, 2.24) is 10.6 Å². The summed E-state index contributed by atoms with van der Waals surface area (Å²) >= 11 is 0. The average Bonchev–Trinajstić information content (AvgIpc) is 2.92. The molecule has 6 nitrogen and oxygen atoms in total. The molecule has 0 fully saturated rings. The van der Waals surface area contributed by atoms with Gasteiger partial charge in [-0.15, -0.1) is 6.42 Å². The van der Waals surface area contributed by atoms with Crippen molar-refractivity contribution in [2.75, 3.05) is 14.2 Å². The topological polar surface area (TPSA) is 76.7 Å². The normalized spacial score (nSPS) is 11.2. The van der Waals surface area contributed by atoms with Crippen LogP contribution < -0.4 is 20.1 Å². The van der Waals surface area contributed by atoms with Crippen molar-refractivity contribution >= 4 is 11.8 Å². The van der Waals surface area contributed by atoms with Gasteiger partial charge < -0.3 is 20.1 Å². The summed E-state index contributed by atoms with van der Waals surface area (Å²) < 4.78 is 10.5. The lowest BCUT2D eigenvalue weighted by Gasteiger charge is -2.12. The molecule has 0 radical (unpaired) electrons. The maximum Gasteiger partial charge on any atom is 0.217 e. The number of nitrogens with one attached hydrogen (secondary N) is 2. The van der Waals surface area contributed by atoms with Gasteiger partial charge in [-0.05, 0) is 74.2 Å². The second kappa shape index (κ2) is 16.3. The highest BCUT2D eigenvalue weighted by Crippen LogP contribution is 2.23. The molecular formula is C34H38N2O4. The van der Waals surface area contributed by atoms with Crippen LogP contribution in [0.5, 0.6) is 11.5 Å². The van der Waals surface area contributed by atoms with E-state index in [-0.39, 0.29) is 23.9 Å². The van der Waals surface area contributed by atoms with Crippen LogP contribution in [0, 0.1) is 24.2 Å². The minimum absolute atomic E-state index is 0.00254. The predicted molar refractivity (Wildman–Crippen MR) is 160 cm³/mol. The minimum Gasteiger partial charge on any atom is -0.497 e. The number of ether oxygens (including phenoxy) is 2. The molecule has 0 saturated carbocycles. The zero-order valence-corrected chi connectivity index (χ0v) is 24.1. The Morgan fingerprint density at radius 3 is 1.68 bits per heavy atom. The first-order valence-corrected chi connectivity index (χ1v) is 13.1. The summed E-state index contributed by atoms with van der Waals surface area (Å²) in [4.78, 5) is 21.9. The van der Waals surface area contributed by atoms with Crippen molar-refractivity contribution in [2.24, 2.45) is 0 Å². The molecule has 208 valence electrons. The Kier molecular flexibility index (Phi) is 12.9. The Morgan fingerprint density at radius 1 is 0.750 bits per heavy atom. The Bertz CT molecular complexity index is 1360. The molecule has 0 saturated heterocycles. The van der Waals surface area contributed by atoms with Crippen molar-refractivity contribution < 1.29 is 19.1 Å². The van der Waals surface area contributed by atoms with Gasteiger partial charge >= 0.3 is 0 Å². The van der Waals surface area contributed by atoms with Crippen molar-refractivity contribution in [3.63, 3.8) is 0 Å². The number of rotatable bonds is 8. The molecule has 3 rings (SSSR count). The first-order valence-electron chi connectivity index (χ1n) is 13.1. The van der Waals surface area contributed by atoms with Crippen LogP contribution in [-0.2, 0) is 22.4 Å². The summed E-state index contributed by atoms with van der Waals surface area (Å²) in [5.41, 5.74) is 4.95. The van der Waals surface area contributed by atoms with E-state index >= 15 is 0 Å². The van der Waals surface area contributed by atoms with Crippen LogP contribution in [-0.4, -0.2) is 38.1 Å². The van der Waals surface area contributed by atoms with Gasteiger partial charge in [0.15, 0.2) is 0 Å². The predicted octanol–water partition coefficient (Wildman–Crippen LogP) is 4.91. The number of terminal acetylenes is 1. The van der Waals surface area contributed by atoms with E-state index in [1.165, 1.54) is 19.4 Å². The van der Waals surface area contributed by atoms with E-state index in [2.05, 4.69) is 28.4 Å². The number of carbonyl (C=O) groups is 2. The first kappa shape index (κ1) is 31.5. The summed E-state index contributed by atoms with van der Waals surface area (Å²) in [6.07, 6.45) is 6.88. The lowest BCUT2D eigenvalue weighted by atomic mass is 10.0. The summed E-state index contributed by atoms with van der Waals surface area (Å²) in [5.74, 6) is 10.3. The van der Waals surface area contributed by atoms with E-state index in [1.807, 2.05) is 80.6 Å². The highest BCUT2D eigenvalue weighted by molar-refractivity contribution is 5.73. The summed E-state index contributed by atoms with van der Waals surface area (Å²) in [7, 11) is 3.24. The Labute approximate surface area is 238 Å². The molecule has 0 aliphatic carbocycles. The van der Waals surface area contributed by atoms with Gasteiger partial charge in [-0.3, -0.25) is 9.59 Å². The van der Waals surface area contributed by atoms with Crippen molar-refractivity contribution in [3.8, 4) is 35.7 Å². The Hall–Kier alpha value is -4.68. The fraction of sp³-hybridized carbons (Fsp3) is 0.294. The number of hydrogen-bond donors (Lipinski definition) is 2. The van der Waals surface area contributed by atoms with E-state index in [9.17, 15) is 9.59 Å². The van der Waals surface area contributed by atoms with Crippen LogP contribution in [0.15, 0.2) is 66.7 Å². The summed E-state index contributed by atoms with van der Waals surface area (Å²) in [6, 6.07) is 21.7. The molecule has 0 aliphatic heterocycles. The molecule has 0 aliphatic rings. The molecular weight excluding hydrogens is 500 g/mol. The van der Waals surface area contributed by atoms with Crippen LogP contribution in [0.4, 0.5) is 0 Å². The molecule has 0 spiro atoms. The van der Waals surface area contributed by atoms with Crippen LogP contribution >= 0.6 is 0 Å². The third kappa shape index (κ3) is 11.4. The smallest absolute Gasteiger partial charge is 0.217 e.